The molecule has 1 heterocycles. The first kappa shape index (κ1) is 21.8. The van der Waals surface area contributed by atoms with Gasteiger partial charge in [0.2, 0.25) is 5.78 Å². The first-order valence-corrected chi connectivity index (χ1v) is 9.47. The molecule has 2 aromatic carbocycles. The van der Waals surface area contributed by atoms with Crippen LogP contribution in [0.2, 0.25) is 5.02 Å². The second-order valence-corrected chi connectivity index (χ2v) is 7.12. The lowest BCUT2D eigenvalue weighted by Gasteiger charge is -2.14. The maximum absolute atomic E-state index is 12.7. The fourth-order valence-electron chi connectivity index (χ4n) is 2.92. The summed E-state index contributed by atoms with van der Waals surface area (Å²) in [5, 5.41) is 0.268. The number of rotatable bonds is 6. The standard InChI is InChI=1S/C21H19ClN4O5/c1-25-19(28)17(18(24)26(21(25)30)10-12-5-3-2-4-6-12)16(27)11-31-20(29)13-7-8-14(22)15(23)9-13/h2-9H,10-11,23-24H2,1H3. The van der Waals surface area contributed by atoms with E-state index in [0.29, 0.717) is 0 Å². The van der Waals surface area contributed by atoms with Crippen molar-refractivity contribution in [3.8, 4) is 0 Å². The Labute approximate surface area is 181 Å². The van der Waals surface area contributed by atoms with E-state index >= 15 is 0 Å². The number of carbonyl (C=O) groups excluding carboxylic acids is 2. The summed E-state index contributed by atoms with van der Waals surface area (Å²) in [5.41, 5.74) is 10.7. The summed E-state index contributed by atoms with van der Waals surface area (Å²) in [6.07, 6.45) is 0. The third kappa shape index (κ3) is 4.51. The van der Waals surface area contributed by atoms with E-state index in [4.69, 9.17) is 27.8 Å². The number of Topliss-reactive ketones (excluding diaryl/α,β-unsaturated/α-hetero) is 1. The zero-order valence-corrected chi connectivity index (χ0v) is 17.3. The molecule has 31 heavy (non-hydrogen) atoms. The number of halogens is 1. The molecule has 1 aromatic heterocycles. The molecule has 0 saturated carbocycles. The number of ketones is 1. The van der Waals surface area contributed by atoms with E-state index in [0.717, 1.165) is 14.7 Å². The van der Waals surface area contributed by atoms with Crippen LogP contribution in [0.5, 0.6) is 0 Å². The number of nitrogen functional groups attached to an aromatic ring is 2. The summed E-state index contributed by atoms with van der Waals surface area (Å²) in [6, 6.07) is 13.1. The Balaban J connectivity index is 1.88. The molecule has 10 heteroatoms. The molecule has 0 fully saturated rings. The maximum Gasteiger partial charge on any atom is 0.338 e. The number of hydrogen-bond donors (Lipinski definition) is 2. The van der Waals surface area contributed by atoms with Gasteiger partial charge in [0.15, 0.2) is 6.61 Å². The van der Waals surface area contributed by atoms with Gasteiger partial charge in [-0.15, -0.1) is 0 Å². The largest absolute Gasteiger partial charge is 0.454 e. The summed E-state index contributed by atoms with van der Waals surface area (Å²) >= 11 is 5.82. The Kier molecular flexibility index (Phi) is 6.26. The predicted octanol–water partition coefficient (Wildman–Crippen LogP) is 1.45. The van der Waals surface area contributed by atoms with Crippen LogP contribution in [0.15, 0.2) is 58.1 Å². The average molecular weight is 443 g/mol. The normalized spacial score (nSPS) is 10.6. The molecule has 160 valence electrons. The highest BCUT2D eigenvalue weighted by molar-refractivity contribution is 6.33. The number of nitrogens with zero attached hydrogens (tertiary/aromatic N) is 2. The molecule has 0 spiro atoms. The fraction of sp³-hybridized carbons (Fsp3) is 0.143. The minimum Gasteiger partial charge on any atom is -0.454 e. The smallest absolute Gasteiger partial charge is 0.338 e. The molecule has 0 atom stereocenters. The minimum atomic E-state index is -0.872. The summed E-state index contributed by atoms with van der Waals surface area (Å²) in [4.78, 5) is 49.9. The van der Waals surface area contributed by atoms with Crippen molar-refractivity contribution in [2.75, 3.05) is 18.1 Å². The van der Waals surface area contributed by atoms with Crippen molar-refractivity contribution in [3.05, 3.63) is 91.1 Å². The van der Waals surface area contributed by atoms with Crippen molar-refractivity contribution in [3.63, 3.8) is 0 Å². The lowest BCUT2D eigenvalue weighted by Crippen LogP contribution is -2.43. The molecule has 9 nitrogen and oxygen atoms in total. The van der Waals surface area contributed by atoms with Gasteiger partial charge in [0, 0.05) is 7.05 Å². The lowest BCUT2D eigenvalue weighted by atomic mass is 10.1. The Morgan fingerprint density at radius 1 is 1.06 bits per heavy atom. The van der Waals surface area contributed by atoms with E-state index in [1.54, 1.807) is 24.3 Å². The quantitative estimate of drug-likeness (QED) is 0.334. The van der Waals surface area contributed by atoms with Gasteiger partial charge >= 0.3 is 11.7 Å². The molecular formula is C21H19ClN4O5. The van der Waals surface area contributed by atoms with Gasteiger partial charge in [-0.25, -0.2) is 9.59 Å². The predicted molar refractivity (Wildman–Crippen MR) is 116 cm³/mol. The van der Waals surface area contributed by atoms with Crippen molar-refractivity contribution < 1.29 is 14.3 Å². The molecule has 0 aliphatic rings. The van der Waals surface area contributed by atoms with E-state index in [-0.39, 0.29) is 28.6 Å². The highest BCUT2D eigenvalue weighted by Crippen LogP contribution is 2.20. The highest BCUT2D eigenvalue weighted by atomic mass is 35.5. The third-order valence-electron chi connectivity index (χ3n) is 4.61. The van der Waals surface area contributed by atoms with Crippen LogP contribution in [-0.4, -0.2) is 27.5 Å². The van der Waals surface area contributed by atoms with Gasteiger partial charge in [-0.1, -0.05) is 41.9 Å². The number of nitrogens with two attached hydrogens (primary N) is 2. The van der Waals surface area contributed by atoms with E-state index in [1.807, 2.05) is 6.07 Å². The van der Waals surface area contributed by atoms with Gasteiger partial charge in [-0.3, -0.25) is 18.7 Å². The molecule has 0 radical (unpaired) electrons. The molecular weight excluding hydrogens is 424 g/mol. The summed E-state index contributed by atoms with van der Waals surface area (Å²) in [5.74, 6) is -1.96. The number of ether oxygens (including phenoxy) is 1. The average Bonchev–Trinajstić information content (AvgIpc) is 2.76. The number of benzene rings is 2. The van der Waals surface area contributed by atoms with Crippen LogP contribution in [0.25, 0.3) is 0 Å². The Bertz CT molecular complexity index is 1280. The van der Waals surface area contributed by atoms with E-state index in [2.05, 4.69) is 0 Å². The molecule has 0 amide bonds. The summed E-state index contributed by atoms with van der Waals surface area (Å²) < 4.78 is 6.90. The Hall–Kier alpha value is -3.85. The Morgan fingerprint density at radius 2 is 1.74 bits per heavy atom. The van der Waals surface area contributed by atoms with Crippen molar-refractivity contribution in [2.24, 2.45) is 7.05 Å². The van der Waals surface area contributed by atoms with Crippen LogP contribution in [0, 0.1) is 0 Å². The molecule has 4 N–H and O–H groups in total. The molecule has 0 unspecified atom stereocenters. The fourth-order valence-corrected chi connectivity index (χ4v) is 3.04. The van der Waals surface area contributed by atoms with Crippen molar-refractivity contribution >= 4 is 34.9 Å². The van der Waals surface area contributed by atoms with Crippen LogP contribution in [-0.2, 0) is 18.3 Å². The van der Waals surface area contributed by atoms with Gasteiger partial charge in [0.1, 0.15) is 11.4 Å². The monoisotopic (exact) mass is 442 g/mol. The SMILES string of the molecule is Cn1c(=O)c(C(=O)COC(=O)c2ccc(Cl)c(N)c2)c(N)n(Cc2ccccc2)c1=O. The van der Waals surface area contributed by atoms with Gasteiger partial charge in [-0.2, -0.15) is 0 Å². The second-order valence-electron chi connectivity index (χ2n) is 6.71. The van der Waals surface area contributed by atoms with Crippen molar-refractivity contribution in [1.82, 2.24) is 9.13 Å². The van der Waals surface area contributed by atoms with Crippen LogP contribution >= 0.6 is 11.6 Å². The van der Waals surface area contributed by atoms with E-state index in [1.165, 1.54) is 25.2 Å². The number of hydrogen-bond acceptors (Lipinski definition) is 7. The van der Waals surface area contributed by atoms with Crippen molar-refractivity contribution in [2.45, 2.75) is 6.54 Å². The zero-order valence-electron chi connectivity index (χ0n) is 16.5. The zero-order chi connectivity index (χ0) is 22.7. The molecule has 3 rings (SSSR count). The molecule has 0 aliphatic carbocycles. The number of carbonyl (C=O) groups is 2. The second kappa shape index (κ2) is 8.88. The lowest BCUT2D eigenvalue weighted by molar-refractivity contribution is 0.0474. The number of aromatic nitrogens is 2. The summed E-state index contributed by atoms with van der Waals surface area (Å²) in [7, 11) is 1.24. The van der Waals surface area contributed by atoms with E-state index < -0.39 is 35.2 Å². The number of anilines is 2. The van der Waals surface area contributed by atoms with Gasteiger partial charge < -0.3 is 16.2 Å². The minimum absolute atomic E-state index is 0.0593. The highest BCUT2D eigenvalue weighted by Gasteiger charge is 2.23. The van der Waals surface area contributed by atoms with Gasteiger partial charge in [-0.05, 0) is 23.8 Å². The summed E-state index contributed by atoms with van der Waals surface area (Å²) in [6.45, 7) is -0.686. The number of esters is 1. The molecule has 0 bridgehead atoms. The van der Waals surface area contributed by atoms with E-state index in [9.17, 15) is 19.2 Å². The van der Waals surface area contributed by atoms with Crippen molar-refractivity contribution in [1.29, 1.82) is 0 Å². The third-order valence-corrected chi connectivity index (χ3v) is 4.96. The molecule has 0 aliphatic heterocycles. The topological polar surface area (TPSA) is 139 Å². The van der Waals surface area contributed by atoms with Crippen LogP contribution in [0.3, 0.4) is 0 Å². The first-order valence-electron chi connectivity index (χ1n) is 9.09. The van der Waals surface area contributed by atoms with Crippen LogP contribution in [0.4, 0.5) is 11.5 Å². The molecule has 0 saturated heterocycles. The molecule has 3 aromatic rings. The maximum atomic E-state index is 12.7. The van der Waals surface area contributed by atoms with Crippen LogP contribution in [0.1, 0.15) is 26.3 Å². The van der Waals surface area contributed by atoms with Gasteiger partial charge in [0.25, 0.3) is 5.56 Å². The van der Waals surface area contributed by atoms with Gasteiger partial charge in [0.05, 0.1) is 22.8 Å². The van der Waals surface area contributed by atoms with Crippen LogP contribution < -0.4 is 22.7 Å². The first-order chi connectivity index (χ1) is 14.7. The Morgan fingerprint density at radius 3 is 2.39 bits per heavy atom.